The molecule has 0 aliphatic rings. The molecule has 5 heteroatoms. The van der Waals surface area contributed by atoms with Crippen LogP contribution in [0.15, 0.2) is 0 Å². The average Bonchev–Trinajstić information content (AvgIpc) is 2.14. The molecule has 0 aliphatic heterocycles. The zero-order valence-electron chi connectivity index (χ0n) is 11.1. The monoisotopic (exact) mass is 245 g/mol. The average molecular weight is 245 g/mol. The maximum Gasteiger partial charge on any atom is 0.408 e. The number of Topliss-reactive ketones (excluding diaryl/α,β-unsaturated/α-hetero) is 1. The second-order valence-corrected chi connectivity index (χ2v) is 5.01. The fraction of sp³-hybridized carbons (Fsp3) is 0.833. The van der Waals surface area contributed by atoms with Crippen molar-refractivity contribution in [3.8, 4) is 0 Å². The van der Waals surface area contributed by atoms with Crippen molar-refractivity contribution < 1.29 is 19.4 Å². The number of aliphatic hydroxyl groups excluding tert-OH is 1. The van der Waals surface area contributed by atoms with E-state index in [4.69, 9.17) is 9.84 Å². The van der Waals surface area contributed by atoms with E-state index in [-0.39, 0.29) is 12.4 Å². The van der Waals surface area contributed by atoms with Gasteiger partial charge < -0.3 is 15.2 Å². The van der Waals surface area contributed by atoms with Crippen molar-refractivity contribution in [1.29, 1.82) is 0 Å². The van der Waals surface area contributed by atoms with Crippen LogP contribution in [0.5, 0.6) is 0 Å². The summed E-state index contributed by atoms with van der Waals surface area (Å²) in [6.07, 6.45) is 1.01. The van der Waals surface area contributed by atoms with E-state index in [0.717, 1.165) is 0 Å². The molecule has 5 nitrogen and oxygen atoms in total. The molecule has 0 aromatic carbocycles. The largest absolute Gasteiger partial charge is 0.444 e. The van der Waals surface area contributed by atoms with Crippen LogP contribution in [0.4, 0.5) is 4.79 Å². The van der Waals surface area contributed by atoms with Crippen LogP contribution in [-0.4, -0.2) is 35.2 Å². The van der Waals surface area contributed by atoms with E-state index in [0.29, 0.717) is 19.3 Å². The lowest BCUT2D eigenvalue weighted by atomic mass is 10.1. The smallest absolute Gasteiger partial charge is 0.408 e. The van der Waals surface area contributed by atoms with Gasteiger partial charge in [0.25, 0.3) is 0 Å². The van der Waals surface area contributed by atoms with Gasteiger partial charge in [-0.2, -0.15) is 0 Å². The molecule has 0 radical (unpaired) electrons. The van der Waals surface area contributed by atoms with Crippen LogP contribution in [0.3, 0.4) is 0 Å². The van der Waals surface area contributed by atoms with Crippen LogP contribution >= 0.6 is 0 Å². The lowest BCUT2D eigenvalue weighted by Gasteiger charge is -2.21. The summed E-state index contributed by atoms with van der Waals surface area (Å²) in [4.78, 5) is 22.9. The minimum Gasteiger partial charge on any atom is -0.444 e. The molecule has 0 aromatic heterocycles. The van der Waals surface area contributed by atoms with Crippen molar-refractivity contribution in [2.45, 2.75) is 58.6 Å². The topological polar surface area (TPSA) is 75.6 Å². The van der Waals surface area contributed by atoms with Gasteiger partial charge in [0.15, 0.2) is 5.78 Å². The molecular weight excluding hydrogens is 222 g/mol. The van der Waals surface area contributed by atoms with Crippen LogP contribution < -0.4 is 5.32 Å². The Morgan fingerprint density at radius 2 is 1.88 bits per heavy atom. The van der Waals surface area contributed by atoms with Crippen LogP contribution in [0.25, 0.3) is 0 Å². The first-order valence-corrected chi connectivity index (χ1v) is 5.89. The van der Waals surface area contributed by atoms with Crippen molar-refractivity contribution in [3.05, 3.63) is 0 Å². The highest BCUT2D eigenvalue weighted by atomic mass is 16.6. The molecule has 0 rings (SSSR count). The van der Waals surface area contributed by atoms with E-state index >= 15 is 0 Å². The highest BCUT2D eigenvalue weighted by Crippen LogP contribution is 2.07. The van der Waals surface area contributed by atoms with E-state index < -0.39 is 17.7 Å². The molecule has 0 unspecified atom stereocenters. The Morgan fingerprint density at radius 1 is 1.29 bits per heavy atom. The number of aliphatic hydroxyl groups is 1. The van der Waals surface area contributed by atoms with E-state index in [2.05, 4.69) is 5.32 Å². The Bertz CT molecular complexity index is 258. The number of nitrogens with one attached hydrogen (secondary N) is 1. The quantitative estimate of drug-likeness (QED) is 0.697. The van der Waals surface area contributed by atoms with Crippen molar-refractivity contribution in [3.63, 3.8) is 0 Å². The van der Waals surface area contributed by atoms with Crippen molar-refractivity contribution in [2.75, 3.05) is 6.61 Å². The third-order valence-corrected chi connectivity index (χ3v) is 2.05. The summed E-state index contributed by atoms with van der Waals surface area (Å²) in [7, 11) is 0. The molecule has 1 atom stereocenters. The number of ether oxygens (including phenoxy) is 1. The molecule has 0 fully saturated rings. The fourth-order valence-corrected chi connectivity index (χ4v) is 1.19. The molecule has 0 aliphatic carbocycles. The molecular formula is C12H23NO4. The minimum atomic E-state index is -0.583. The van der Waals surface area contributed by atoms with Crippen molar-refractivity contribution in [2.24, 2.45) is 0 Å². The third kappa shape index (κ3) is 8.68. The summed E-state index contributed by atoms with van der Waals surface area (Å²) in [6, 6.07) is -0.552. The van der Waals surface area contributed by atoms with Gasteiger partial charge in [0, 0.05) is 13.0 Å². The van der Waals surface area contributed by atoms with Gasteiger partial charge in [-0.1, -0.05) is 0 Å². The summed E-state index contributed by atoms with van der Waals surface area (Å²) in [5.41, 5.74) is -0.566. The Hall–Kier alpha value is -1.10. The van der Waals surface area contributed by atoms with E-state index in [9.17, 15) is 9.59 Å². The number of carbonyl (C=O) groups is 2. The van der Waals surface area contributed by atoms with E-state index in [1.54, 1.807) is 27.7 Å². The number of carbonyl (C=O) groups excluding carboxylic acids is 2. The minimum absolute atomic E-state index is 0.0516. The Kier molecular flexibility index (Phi) is 6.80. The Labute approximate surface area is 103 Å². The summed E-state index contributed by atoms with van der Waals surface area (Å²) >= 11 is 0. The van der Waals surface area contributed by atoms with Gasteiger partial charge in [0.1, 0.15) is 5.60 Å². The molecule has 2 N–H and O–H groups in total. The molecule has 0 saturated heterocycles. The van der Waals surface area contributed by atoms with Gasteiger partial charge in [-0.3, -0.25) is 4.79 Å². The zero-order chi connectivity index (χ0) is 13.5. The van der Waals surface area contributed by atoms with Gasteiger partial charge in [-0.05, 0) is 40.5 Å². The maximum atomic E-state index is 11.6. The molecule has 0 saturated carbocycles. The molecule has 100 valence electrons. The molecule has 0 bridgehead atoms. The highest BCUT2D eigenvalue weighted by Gasteiger charge is 2.20. The van der Waals surface area contributed by atoms with E-state index in [1.807, 2.05) is 0 Å². The van der Waals surface area contributed by atoms with Crippen molar-refractivity contribution in [1.82, 2.24) is 5.32 Å². The first-order valence-electron chi connectivity index (χ1n) is 5.89. The maximum absolute atomic E-state index is 11.6. The number of hydrogen-bond acceptors (Lipinski definition) is 4. The second kappa shape index (κ2) is 7.27. The van der Waals surface area contributed by atoms with Crippen LogP contribution in [-0.2, 0) is 9.53 Å². The van der Waals surface area contributed by atoms with Gasteiger partial charge in [0.05, 0.1) is 6.04 Å². The highest BCUT2D eigenvalue weighted by molar-refractivity contribution is 5.86. The molecule has 0 aromatic rings. The number of unbranched alkanes of at least 4 members (excludes halogenated alkanes) is 1. The predicted octanol–water partition coefficient (Wildman–Crippen LogP) is 1.63. The summed E-state index contributed by atoms with van der Waals surface area (Å²) in [6.45, 7) is 7.01. The fourth-order valence-electron chi connectivity index (χ4n) is 1.19. The standard InChI is InChI=1S/C12H23NO4/c1-9(10(15)7-5-6-8-14)13-11(16)17-12(2,3)4/h9,14H,5-8H2,1-4H3,(H,13,16)/t9-/m1/s1. The Balaban J connectivity index is 3.95. The first kappa shape index (κ1) is 15.9. The van der Waals surface area contributed by atoms with Gasteiger partial charge in [-0.15, -0.1) is 0 Å². The zero-order valence-corrected chi connectivity index (χ0v) is 11.1. The predicted molar refractivity (Wildman–Crippen MR) is 64.8 cm³/mol. The normalized spacial score (nSPS) is 13.0. The molecule has 1 amide bonds. The number of amides is 1. The van der Waals surface area contributed by atoms with Crippen LogP contribution in [0, 0.1) is 0 Å². The lowest BCUT2D eigenvalue weighted by Crippen LogP contribution is -2.41. The molecule has 0 spiro atoms. The summed E-state index contributed by atoms with van der Waals surface area (Å²) in [5.74, 6) is -0.0516. The number of hydrogen-bond donors (Lipinski definition) is 2. The summed E-state index contributed by atoms with van der Waals surface area (Å²) in [5, 5.41) is 11.1. The second-order valence-electron chi connectivity index (χ2n) is 5.01. The van der Waals surface area contributed by atoms with E-state index in [1.165, 1.54) is 0 Å². The third-order valence-electron chi connectivity index (χ3n) is 2.05. The number of rotatable bonds is 6. The number of ketones is 1. The lowest BCUT2D eigenvalue weighted by molar-refractivity contribution is -0.120. The molecule has 0 heterocycles. The van der Waals surface area contributed by atoms with Gasteiger partial charge in [-0.25, -0.2) is 4.79 Å². The number of alkyl carbamates (subject to hydrolysis) is 1. The summed E-state index contributed by atoms with van der Waals surface area (Å²) < 4.78 is 5.04. The first-order chi connectivity index (χ1) is 7.76. The van der Waals surface area contributed by atoms with Gasteiger partial charge in [0.2, 0.25) is 0 Å². The SMILES string of the molecule is C[C@@H](NC(=O)OC(C)(C)C)C(=O)CCCCO. The molecule has 17 heavy (non-hydrogen) atoms. The van der Waals surface area contributed by atoms with Crippen LogP contribution in [0.1, 0.15) is 47.0 Å². The van der Waals surface area contributed by atoms with Gasteiger partial charge >= 0.3 is 6.09 Å². The Morgan fingerprint density at radius 3 is 2.35 bits per heavy atom. The van der Waals surface area contributed by atoms with Crippen molar-refractivity contribution >= 4 is 11.9 Å². The van der Waals surface area contributed by atoms with Crippen LogP contribution in [0.2, 0.25) is 0 Å².